The van der Waals surface area contributed by atoms with Gasteiger partial charge in [-0.25, -0.2) is 0 Å². The topological polar surface area (TPSA) is 60.9 Å². The monoisotopic (exact) mass is 466 g/mol. The number of benzene rings is 2. The van der Waals surface area contributed by atoms with E-state index in [2.05, 4.69) is 12.1 Å². The highest BCUT2D eigenvalue weighted by Crippen LogP contribution is 2.29. The van der Waals surface area contributed by atoms with E-state index in [1.807, 2.05) is 53.4 Å². The van der Waals surface area contributed by atoms with Crippen LogP contribution in [0.15, 0.2) is 65.6 Å². The molecule has 0 aliphatic carbocycles. The average Bonchev–Trinajstić information content (AvgIpc) is 3.54. The standard InChI is InChI=1S/C27H34N2O3S/c30-25(20-33-22-13-5-2-6-14-22)23-15-8-19-29(23)27(32)24-16-9-18-28(24)26(31)17-7-12-21-10-3-1-4-11-21/h1-6,10-11,13-14,23-25,30H,7-9,12,15-20H2/t23-,24-,25?/m0/s1. The molecular weight excluding hydrogens is 432 g/mol. The number of nitrogens with zero attached hydrogens (tertiary/aromatic N) is 2. The van der Waals surface area contributed by atoms with E-state index in [0.29, 0.717) is 25.3 Å². The smallest absolute Gasteiger partial charge is 0.245 e. The fourth-order valence-electron chi connectivity index (χ4n) is 5.02. The van der Waals surface area contributed by atoms with Crippen LogP contribution in [0.3, 0.4) is 0 Å². The number of hydrogen-bond donors (Lipinski definition) is 1. The Balaban J connectivity index is 1.31. The van der Waals surface area contributed by atoms with Crippen LogP contribution >= 0.6 is 11.8 Å². The van der Waals surface area contributed by atoms with E-state index < -0.39 is 6.10 Å². The van der Waals surface area contributed by atoms with Crippen molar-refractivity contribution >= 4 is 23.6 Å². The summed E-state index contributed by atoms with van der Waals surface area (Å²) in [5, 5.41) is 10.9. The number of aryl methyl sites for hydroxylation is 1. The molecule has 2 aromatic carbocycles. The van der Waals surface area contributed by atoms with Crippen LogP contribution in [0, 0.1) is 0 Å². The molecule has 0 aromatic heterocycles. The van der Waals surface area contributed by atoms with Gasteiger partial charge in [-0.05, 0) is 56.2 Å². The van der Waals surface area contributed by atoms with Gasteiger partial charge in [-0.15, -0.1) is 11.8 Å². The molecule has 6 heteroatoms. The maximum absolute atomic E-state index is 13.5. The summed E-state index contributed by atoms with van der Waals surface area (Å²) in [6.45, 7) is 1.33. The molecule has 0 radical (unpaired) electrons. The Morgan fingerprint density at radius 3 is 2.36 bits per heavy atom. The molecule has 2 heterocycles. The summed E-state index contributed by atoms with van der Waals surface area (Å²) in [6.07, 6.45) is 4.88. The van der Waals surface area contributed by atoms with Gasteiger partial charge in [-0.2, -0.15) is 0 Å². The summed E-state index contributed by atoms with van der Waals surface area (Å²) < 4.78 is 0. The Labute approximate surface area is 201 Å². The number of thioether (sulfide) groups is 1. The Morgan fingerprint density at radius 1 is 0.939 bits per heavy atom. The van der Waals surface area contributed by atoms with E-state index in [0.717, 1.165) is 43.4 Å². The Hall–Kier alpha value is -2.31. The third kappa shape index (κ3) is 6.18. The lowest BCUT2D eigenvalue weighted by molar-refractivity contribution is -0.145. The zero-order valence-electron chi connectivity index (χ0n) is 19.1. The number of carbonyl (C=O) groups excluding carboxylic acids is 2. The second-order valence-electron chi connectivity index (χ2n) is 9.02. The molecule has 2 aliphatic heterocycles. The summed E-state index contributed by atoms with van der Waals surface area (Å²) in [5.41, 5.74) is 1.24. The molecule has 2 aliphatic rings. The summed E-state index contributed by atoms with van der Waals surface area (Å²) in [4.78, 5) is 31.2. The van der Waals surface area contributed by atoms with Crippen LogP contribution in [0.5, 0.6) is 0 Å². The predicted octanol–water partition coefficient (Wildman–Crippen LogP) is 4.14. The molecular formula is C27H34N2O3S. The van der Waals surface area contributed by atoms with Crippen LogP contribution in [0.2, 0.25) is 0 Å². The van der Waals surface area contributed by atoms with Crippen molar-refractivity contribution in [3.63, 3.8) is 0 Å². The molecule has 0 bridgehead atoms. The second-order valence-corrected chi connectivity index (χ2v) is 10.1. The number of carbonyl (C=O) groups is 2. The zero-order chi connectivity index (χ0) is 23.0. The molecule has 176 valence electrons. The largest absolute Gasteiger partial charge is 0.390 e. The lowest BCUT2D eigenvalue weighted by atomic mass is 10.1. The number of amides is 2. The molecule has 5 nitrogen and oxygen atoms in total. The first-order chi connectivity index (χ1) is 16.1. The number of likely N-dealkylation sites (tertiary alicyclic amines) is 2. The van der Waals surface area contributed by atoms with Crippen LogP contribution in [0.4, 0.5) is 0 Å². The van der Waals surface area contributed by atoms with Crippen molar-refractivity contribution in [2.45, 2.75) is 68.0 Å². The van der Waals surface area contributed by atoms with Gasteiger partial charge in [0.2, 0.25) is 11.8 Å². The molecule has 0 saturated carbocycles. The molecule has 0 spiro atoms. The lowest BCUT2D eigenvalue weighted by Gasteiger charge is -2.33. The molecule has 2 aromatic rings. The van der Waals surface area contributed by atoms with Gasteiger partial charge in [0, 0.05) is 30.2 Å². The van der Waals surface area contributed by atoms with E-state index in [4.69, 9.17) is 0 Å². The number of aliphatic hydroxyl groups excluding tert-OH is 1. The van der Waals surface area contributed by atoms with Gasteiger partial charge in [-0.1, -0.05) is 48.5 Å². The molecule has 4 rings (SSSR count). The van der Waals surface area contributed by atoms with Crippen molar-refractivity contribution in [3.05, 3.63) is 66.2 Å². The first-order valence-electron chi connectivity index (χ1n) is 12.1. The minimum absolute atomic E-state index is 0.0233. The van der Waals surface area contributed by atoms with Crippen molar-refractivity contribution in [2.24, 2.45) is 0 Å². The van der Waals surface area contributed by atoms with Crippen molar-refractivity contribution in [1.29, 1.82) is 0 Å². The minimum atomic E-state index is -0.571. The van der Waals surface area contributed by atoms with Crippen LogP contribution in [-0.4, -0.2) is 63.8 Å². The van der Waals surface area contributed by atoms with Crippen molar-refractivity contribution < 1.29 is 14.7 Å². The molecule has 33 heavy (non-hydrogen) atoms. The normalized spacial score (nSPS) is 21.4. The van der Waals surface area contributed by atoms with Crippen molar-refractivity contribution in [1.82, 2.24) is 9.80 Å². The SMILES string of the molecule is O=C(CCCc1ccccc1)N1CCC[C@H]1C(=O)N1CCC[C@H]1C(O)CSc1ccccc1. The van der Waals surface area contributed by atoms with Crippen molar-refractivity contribution in [3.8, 4) is 0 Å². The molecule has 2 fully saturated rings. The van der Waals surface area contributed by atoms with Gasteiger partial charge in [-0.3, -0.25) is 9.59 Å². The molecule has 1 N–H and O–H groups in total. The van der Waals surface area contributed by atoms with Gasteiger partial charge in [0.05, 0.1) is 12.1 Å². The van der Waals surface area contributed by atoms with Gasteiger partial charge >= 0.3 is 0 Å². The molecule has 3 atom stereocenters. The minimum Gasteiger partial charge on any atom is -0.390 e. The van der Waals surface area contributed by atoms with Crippen LogP contribution in [-0.2, 0) is 16.0 Å². The fourth-order valence-corrected chi connectivity index (χ4v) is 5.96. The summed E-state index contributed by atoms with van der Waals surface area (Å²) in [7, 11) is 0. The van der Waals surface area contributed by atoms with Crippen LogP contribution < -0.4 is 0 Å². The number of hydrogen-bond acceptors (Lipinski definition) is 4. The van der Waals surface area contributed by atoms with Crippen LogP contribution in [0.25, 0.3) is 0 Å². The quantitative estimate of drug-likeness (QED) is 0.564. The van der Waals surface area contributed by atoms with Gasteiger partial charge < -0.3 is 14.9 Å². The third-order valence-electron chi connectivity index (χ3n) is 6.75. The zero-order valence-corrected chi connectivity index (χ0v) is 20.0. The Kier molecular flexibility index (Phi) is 8.46. The number of rotatable bonds is 9. The Morgan fingerprint density at radius 2 is 1.61 bits per heavy atom. The molecule has 2 saturated heterocycles. The maximum Gasteiger partial charge on any atom is 0.245 e. The summed E-state index contributed by atoms with van der Waals surface area (Å²) in [5.74, 6) is 0.665. The fraction of sp³-hybridized carbons (Fsp3) is 0.481. The first-order valence-corrected chi connectivity index (χ1v) is 13.1. The lowest BCUT2D eigenvalue weighted by Crippen LogP contribution is -2.52. The first kappa shape index (κ1) is 23.8. The predicted molar refractivity (Wildman–Crippen MR) is 132 cm³/mol. The van der Waals surface area contributed by atoms with E-state index in [1.54, 1.807) is 16.7 Å². The highest BCUT2D eigenvalue weighted by molar-refractivity contribution is 7.99. The second kappa shape index (κ2) is 11.7. The van der Waals surface area contributed by atoms with Gasteiger partial charge in [0.25, 0.3) is 0 Å². The molecule has 1 unspecified atom stereocenters. The average molecular weight is 467 g/mol. The number of aliphatic hydroxyl groups is 1. The van der Waals surface area contributed by atoms with E-state index in [1.165, 1.54) is 5.56 Å². The maximum atomic E-state index is 13.5. The Bertz CT molecular complexity index is 908. The highest BCUT2D eigenvalue weighted by Gasteiger charge is 2.41. The molecule has 2 amide bonds. The van der Waals surface area contributed by atoms with Gasteiger partial charge in [0.1, 0.15) is 6.04 Å². The van der Waals surface area contributed by atoms with Crippen molar-refractivity contribution in [2.75, 3.05) is 18.8 Å². The van der Waals surface area contributed by atoms with E-state index >= 15 is 0 Å². The summed E-state index contributed by atoms with van der Waals surface area (Å²) >= 11 is 1.62. The summed E-state index contributed by atoms with van der Waals surface area (Å²) in [6, 6.07) is 19.7. The van der Waals surface area contributed by atoms with E-state index in [9.17, 15) is 14.7 Å². The highest BCUT2D eigenvalue weighted by atomic mass is 32.2. The van der Waals surface area contributed by atoms with Gasteiger partial charge in [0.15, 0.2) is 0 Å². The van der Waals surface area contributed by atoms with E-state index in [-0.39, 0.29) is 23.9 Å². The third-order valence-corrected chi connectivity index (χ3v) is 7.86. The van der Waals surface area contributed by atoms with Crippen LogP contribution in [0.1, 0.15) is 44.1 Å².